The van der Waals surface area contributed by atoms with Crippen LogP contribution in [0.1, 0.15) is 121 Å². The van der Waals surface area contributed by atoms with E-state index in [1.165, 1.54) is 40.7 Å². The Hall–Kier alpha value is -1.88. The zero-order valence-electron chi connectivity index (χ0n) is 25.1. The van der Waals surface area contributed by atoms with Crippen LogP contribution in [0.2, 0.25) is 0 Å². The van der Waals surface area contributed by atoms with Gasteiger partial charge in [-0.05, 0) is 94.9 Å². The van der Waals surface area contributed by atoms with Crippen molar-refractivity contribution in [1.29, 1.82) is 0 Å². The van der Waals surface area contributed by atoms with Gasteiger partial charge in [-0.2, -0.15) is 0 Å². The summed E-state index contributed by atoms with van der Waals surface area (Å²) in [6.07, 6.45) is 12.7. The van der Waals surface area contributed by atoms with Crippen molar-refractivity contribution in [1.82, 2.24) is 0 Å². The van der Waals surface area contributed by atoms with Gasteiger partial charge in [0, 0.05) is 5.41 Å². The summed E-state index contributed by atoms with van der Waals surface area (Å²) in [5.74, 6) is 0. The Morgan fingerprint density at radius 3 is 1.84 bits per heavy atom. The molecule has 2 fully saturated rings. The first-order valence-corrected chi connectivity index (χ1v) is 14.9. The topological polar surface area (TPSA) is 38.7 Å². The summed E-state index contributed by atoms with van der Waals surface area (Å²) < 4.78 is 12.7. The molecule has 3 nitrogen and oxygen atoms in total. The molecule has 1 aliphatic heterocycles. The van der Waals surface area contributed by atoms with Gasteiger partial charge in [-0.25, -0.2) is 0 Å². The summed E-state index contributed by atoms with van der Waals surface area (Å²) in [5, 5.41) is 11.1. The first kappa shape index (κ1) is 29.1. The minimum Gasteiger partial charge on any atom is -0.399 e. The van der Waals surface area contributed by atoms with Gasteiger partial charge < -0.3 is 14.4 Å². The van der Waals surface area contributed by atoms with Crippen molar-refractivity contribution in [2.45, 2.75) is 129 Å². The molecule has 1 saturated heterocycles. The Labute approximate surface area is 232 Å². The second-order valence-corrected chi connectivity index (χ2v) is 12.9. The number of hydrogen-bond donors (Lipinski definition) is 1. The standard InChI is InChI=1S/C34H49BO3/c1-9-34(10-2,29-17-18-30(26(4)24-29)35-37-31(5,6)32(7,8)38-35)28-16-15-27(25(3)23-28)19-22-33(36)20-13-11-12-14-21-33/h15-19,22-24,36H,9-14,20-21H2,1-8H3. The number of rotatable bonds is 7. The molecule has 0 radical (unpaired) electrons. The van der Waals surface area contributed by atoms with Crippen molar-refractivity contribution in [3.63, 3.8) is 0 Å². The third-order valence-electron chi connectivity index (χ3n) is 9.90. The van der Waals surface area contributed by atoms with E-state index >= 15 is 0 Å². The predicted octanol–water partition coefficient (Wildman–Crippen LogP) is 7.81. The van der Waals surface area contributed by atoms with E-state index in [0.29, 0.717) is 0 Å². The third kappa shape index (κ3) is 5.55. The third-order valence-corrected chi connectivity index (χ3v) is 9.90. The normalized spacial score (nSPS) is 21.1. The maximum Gasteiger partial charge on any atom is 0.495 e. The van der Waals surface area contributed by atoms with Crippen LogP contribution in [0.25, 0.3) is 6.08 Å². The molecule has 1 aliphatic carbocycles. The van der Waals surface area contributed by atoms with Crippen molar-refractivity contribution in [2.75, 3.05) is 0 Å². The van der Waals surface area contributed by atoms with Crippen LogP contribution in [0.3, 0.4) is 0 Å². The van der Waals surface area contributed by atoms with Gasteiger partial charge in [-0.1, -0.05) is 93.6 Å². The molecule has 0 spiro atoms. The minimum absolute atomic E-state index is 0.0638. The van der Waals surface area contributed by atoms with Gasteiger partial charge in [-0.3, -0.25) is 0 Å². The van der Waals surface area contributed by atoms with E-state index in [2.05, 4.69) is 104 Å². The van der Waals surface area contributed by atoms with Gasteiger partial charge in [0.05, 0.1) is 16.8 Å². The fourth-order valence-corrected chi connectivity index (χ4v) is 6.35. The van der Waals surface area contributed by atoms with E-state index in [-0.39, 0.29) is 23.7 Å². The average Bonchev–Trinajstić information content (AvgIpc) is 2.98. The Morgan fingerprint density at radius 2 is 1.34 bits per heavy atom. The van der Waals surface area contributed by atoms with Crippen LogP contribution < -0.4 is 5.46 Å². The van der Waals surface area contributed by atoms with E-state index in [1.807, 2.05) is 0 Å². The molecule has 38 heavy (non-hydrogen) atoms. The van der Waals surface area contributed by atoms with E-state index in [0.717, 1.165) is 44.0 Å². The SMILES string of the molecule is CCC(CC)(c1ccc(C=CC2(O)CCCCCC2)c(C)c1)c1ccc(B2OC(C)(C)C(C)(C)O2)c(C)c1. The fraction of sp³-hybridized carbons (Fsp3) is 0.588. The molecule has 4 rings (SSSR count). The lowest BCUT2D eigenvalue weighted by molar-refractivity contribution is 0.00578. The smallest absolute Gasteiger partial charge is 0.399 e. The van der Waals surface area contributed by atoms with Crippen molar-refractivity contribution in [3.8, 4) is 0 Å². The molecule has 2 aromatic carbocycles. The van der Waals surface area contributed by atoms with Crippen molar-refractivity contribution in [2.24, 2.45) is 0 Å². The fourth-order valence-electron chi connectivity index (χ4n) is 6.35. The minimum atomic E-state index is -0.658. The van der Waals surface area contributed by atoms with Gasteiger partial charge in [0.2, 0.25) is 0 Å². The Balaban J connectivity index is 1.62. The predicted molar refractivity (Wildman–Crippen MR) is 161 cm³/mol. The quantitative estimate of drug-likeness (QED) is 0.301. The molecule has 2 aromatic rings. The Morgan fingerprint density at radius 1 is 0.816 bits per heavy atom. The second-order valence-electron chi connectivity index (χ2n) is 12.9. The zero-order valence-corrected chi connectivity index (χ0v) is 25.1. The summed E-state index contributed by atoms with van der Waals surface area (Å²) in [4.78, 5) is 0. The molecule has 0 atom stereocenters. The highest BCUT2D eigenvalue weighted by atomic mass is 16.7. The molecule has 2 aliphatic rings. The first-order chi connectivity index (χ1) is 17.9. The zero-order chi connectivity index (χ0) is 27.8. The lowest BCUT2D eigenvalue weighted by Gasteiger charge is -2.34. The maximum absolute atomic E-state index is 11.1. The van der Waals surface area contributed by atoms with Crippen molar-refractivity contribution >= 4 is 18.7 Å². The molecule has 1 N–H and O–H groups in total. The Kier molecular flexibility index (Phi) is 8.39. The Bertz CT molecular complexity index is 1130. The summed E-state index contributed by atoms with van der Waals surface area (Å²) >= 11 is 0. The summed E-state index contributed by atoms with van der Waals surface area (Å²) in [6.45, 7) is 17.4. The van der Waals surface area contributed by atoms with Crippen LogP contribution in [0.4, 0.5) is 0 Å². The molecule has 0 amide bonds. The number of hydrogen-bond acceptors (Lipinski definition) is 3. The molecule has 1 heterocycles. The first-order valence-electron chi connectivity index (χ1n) is 14.9. The van der Waals surface area contributed by atoms with Crippen LogP contribution in [0, 0.1) is 13.8 Å². The van der Waals surface area contributed by atoms with Crippen molar-refractivity contribution in [3.05, 3.63) is 70.3 Å². The molecule has 0 bridgehead atoms. The molecule has 0 aromatic heterocycles. The highest BCUT2D eigenvalue weighted by Gasteiger charge is 2.52. The lowest BCUT2D eigenvalue weighted by Crippen LogP contribution is -2.41. The molecular weight excluding hydrogens is 467 g/mol. The maximum atomic E-state index is 11.1. The second kappa shape index (κ2) is 10.9. The molecular formula is C34H49BO3. The summed E-state index contributed by atoms with van der Waals surface area (Å²) in [7, 11) is -0.344. The molecule has 4 heteroatoms. The van der Waals surface area contributed by atoms with Gasteiger partial charge in [-0.15, -0.1) is 0 Å². The van der Waals surface area contributed by atoms with Gasteiger partial charge >= 0.3 is 7.12 Å². The van der Waals surface area contributed by atoms with Crippen LogP contribution in [0.15, 0.2) is 42.5 Å². The largest absolute Gasteiger partial charge is 0.495 e. The summed E-state index contributed by atoms with van der Waals surface area (Å²) in [6, 6.07) is 13.7. The highest BCUT2D eigenvalue weighted by Crippen LogP contribution is 2.41. The van der Waals surface area contributed by atoms with E-state index in [1.54, 1.807) is 0 Å². The van der Waals surface area contributed by atoms with Crippen molar-refractivity contribution < 1.29 is 14.4 Å². The molecule has 1 saturated carbocycles. The van der Waals surface area contributed by atoms with E-state index in [4.69, 9.17) is 9.31 Å². The van der Waals surface area contributed by atoms with Gasteiger partial charge in [0.1, 0.15) is 0 Å². The van der Waals surface area contributed by atoms with Gasteiger partial charge in [0.15, 0.2) is 0 Å². The van der Waals surface area contributed by atoms with Gasteiger partial charge in [0.25, 0.3) is 0 Å². The monoisotopic (exact) mass is 516 g/mol. The molecule has 206 valence electrons. The lowest BCUT2D eigenvalue weighted by atomic mass is 9.68. The summed E-state index contributed by atoms with van der Waals surface area (Å²) in [5.41, 5.74) is 6.05. The highest BCUT2D eigenvalue weighted by molar-refractivity contribution is 6.62. The van der Waals surface area contributed by atoms with Crippen LogP contribution >= 0.6 is 0 Å². The number of aliphatic hydroxyl groups is 1. The average molecular weight is 517 g/mol. The number of benzene rings is 2. The van der Waals surface area contributed by atoms with Crippen LogP contribution in [-0.4, -0.2) is 29.0 Å². The van der Waals surface area contributed by atoms with Crippen LogP contribution in [0.5, 0.6) is 0 Å². The van der Waals surface area contributed by atoms with E-state index < -0.39 is 5.60 Å². The number of aryl methyl sites for hydroxylation is 2. The van der Waals surface area contributed by atoms with E-state index in [9.17, 15) is 5.11 Å². The van der Waals surface area contributed by atoms with Crippen LogP contribution in [-0.2, 0) is 14.7 Å². The molecule has 0 unspecified atom stereocenters.